The highest BCUT2D eigenvalue weighted by Crippen LogP contribution is 2.70. The molecule has 7 N–H and O–H groups in total. The number of aliphatic hydroxyl groups excluding tert-OH is 2. The van der Waals surface area contributed by atoms with Gasteiger partial charge in [0.05, 0.1) is 29.9 Å². The number of cyclic esters (lactones) is 1. The molecule has 0 aromatic carbocycles. The van der Waals surface area contributed by atoms with Crippen LogP contribution in [0.4, 0.5) is 0 Å². The fourth-order valence-corrected chi connectivity index (χ4v) is 8.47. The number of quaternary nitrogens is 1. The topological polar surface area (TPSA) is 175 Å². The Morgan fingerprint density at radius 1 is 1.14 bits per heavy atom. The van der Waals surface area contributed by atoms with E-state index in [1.807, 2.05) is 13.8 Å². The summed E-state index contributed by atoms with van der Waals surface area (Å²) in [6.45, 7) is 6.26. The van der Waals surface area contributed by atoms with E-state index in [0.29, 0.717) is 32.1 Å². The van der Waals surface area contributed by atoms with Crippen molar-refractivity contribution in [2.24, 2.45) is 28.6 Å². The standard InChI is InChI=1S/C23H32O7.C4H11NO/c1-20-6-3-16-17(23(20,29)9-5-15(20)13-10-18(25)30-12-13)4-7-21(28)11-14(24)2-8-22(16,21)19(26)27;1-4(2,5)3-6/h10,14-17,24,28-29H,2-9,11-12H2,1H3,(H,26,27);6H,3,5H2,1-2H3/t14?,15-,16-,17?,20+,21?,22+,23?;/m0./s1. The molecule has 4 aliphatic carbocycles. The van der Waals surface area contributed by atoms with Crippen molar-refractivity contribution in [1.82, 2.24) is 0 Å². The average molecular weight is 510 g/mol. The zero-order valence-corrected chi connectivity index (χ0v) is 21.8. The number of carboxylic acids is 1. The van der Waals surface area contributed by atoms with Crippen molar-refractivity contribution < 1.29 is 45.6 Å². The van der Waals surface area contributed by atoms with Gasteiger partial charge in [-0.1, -0.05) is 6.92 Å². The van der Waals surface area contributed by atoms with E-state index in [2.05, 4.69) is 12.7 Å². The van der Waals surface area contributed by atoms with E-state index in [1.165, 1.54) is 0 Å². The summed E-state index contributed by atoms with van der Waals surface area (Å²) in [4.78, 5) is 24.2. The van der Waals surface area contributed by atoms with Gasteiger partial charge < -0.3 is 40.8 Å². The van der Waals surface area contributed by atoms with Crippen molar-refractivity contribution in [2.45, 2.75) is 101 Å². The minimum absolute atomic E-state index is 0.0304. The van der Waals surface area contributed by atoms with Gasteiger partial charge in [-0.2, -0.15) is 0 Å². The predicted octanol–water partition coefficient (Wildman–Crippen LogP) is -0.552. The van der Waals surface area contributed by atoms with E-state index >= 15 is 0 Å². The number of hydrogen-bond donors (Lipinski definition) is 5. The van der Waals surface area contributed by atoms with Crippen LogP contribution in [0.25, 0.3) is 0 Å². The normalized spacial score (nSPS) is 45.9. The molecule has 5 rings (SSSR count). The zero-order valence-electron chi connectivity index (χ0n) is 21.8. The molecule has 0 saturated heterocycles. The summed E-state index contributed by atoms with van der Waals surface area (Å²) in [7, 11) is 0. The van der Waals surface area contributed by atoms with Crippen LogP contribution in [-0.2, 0) is 14.3 Å². The van der Waals surface area contributed by atoms with Crippen LogP contribution in [0.5, 0.6) is 0 Å². The van der Waals surface area contributed by atoms with Gasteiger partial charge in [0.2, 0.25) is 0 Å². The molecule has 4 unspecified atom stereocenters. The molecule has 1 heterocycles. The third-order valence-electron chi connectivity index (χ3n) is 10.3. The Bertz CT molecular complexity index is 929. The maximum absolute atomic E-state index is 12.6. The van der Waals surface area contributed by atoms with Crippen LogP contribution in [0.3, 0.4) is 0 Å². The highest BCUT2D eigenvalue weighted by molar-refractivity contribution is 5.85. The molecule has 8 atom stereocenters. The van der Waals surface area contributed by atoms with E-state index in [1.54, 1.807) is 6.08 Å². The van der Waals surface area contributed by atoms with Gasteiger partial charge in [-0.3, -0.25) is 0 Å². The Kier molecular flexibility index (Phi) is 6.91. The van der Waals surface area contributed by atoms with Crippen molar-refractivity contribution >= 4 is 11.9 Å². The first kappa shape index (κ1) is 27.5. The number of esters is 1. The number of aliphatic hydroxyl groups is 4. The summed E-state index contributed by atoms with van der Waals surface area (Å²) in [5.74, 6) is -2.19. The summed E-state index contributed by atoms with van der Waals surface area (Å²) < 4.78 is 5.13. The molecule has 36 heavy (non-hydrogen) atoms. The summed E-state index contributed by atoms with van der Waals surface area (Å²) in [6, 6.07) is 0. The van der Waals surface area contributed by atoms with Gasteiger partial charge in [-0.15, -0.1) is 0 Å². The van der Waals surface area contributed by atoms with Gasteiger partial charge in [0.1, 0.15) is 12.1 Å². The Balaban J connectivity index is 0.000000455. The third-order valence-corrected chi connectivity index (χ3v) is 10.3. The lowest BCUT2D eigenvalue weighted by atomic mass is 9.41. The molecule has 0 bridgehead atoms. The monoisotopic (exact) mass is 509 g/mol. The van der Waals surface area contributed by atoms with Gasteiger partial charge in [0.25, 0.3) is 0 Å². The van der Waals surface area contributed by atoms with Crippen molar-refractivity contribution in [2.75, 3.05) is 13.2 Å². The molecule has 0 radical (unpaired) electrons. The predicted molar refractivity (Wildman–Crippen MR) is 127 cm³/mol. The lowest BCUT2D eigenvalue weighted by Gasteiger charge is -2.67. The number of fused-ring (bicyclic) bond motifs is 5. The SMILES string of the molecule is CC(C)([NH3+])CO.C[C@]12CC[C@H]3C(CCC4(O)CC(O)CC[C@]34C(=O)[O-])C1(O)CC[C@H]2C1=CC(=O)OC1. The van der Waals surface area contributed by atoms with Crippen molar-refractivity contribution in [1.29, 1.82) is 0 Å². The number of ether oxygens (including phenoxy) is 1. The van der Waals surface area contributed by atoms with E-state index in [-0.39, 0.29) is 61.7 Å². The van der Waals surface area contributed by atoms with Crippen LogP contribution in [0.15, 0.2) is 11.6 Å². The number of rotatable bonds is 3. The summed E-state index contributed by atoms with van der Waals surface area (Å²) >= 11 is 0. The Hall–Kier alpha value is -1.52. The van der Waals surface area contributed by atoms with Crippen LogP contribution in [-0.4, -0.2) is 68.4 Å². The van der Waals surface area contributed by atoms with Crippen molar-refractivity contribution in [3.05, 3.63) is 11.6 Å². The summed E-state index contributed by atoms with van der Waals surface area (Å²) in [5.41, 5.74) is -0.0473. The lowest BCUT2D eigenvalue weighted by Crippen LogP contribution is -2.72. The highest BCUT2D eigenvalue weighted by Gasteiger charge is 2.71. The second kappa shape index (κ2) is 9.05. The fraction of sp³-hybridized carbons (Fsp3) is 0.852. The van der Waals surface area contributed by atoms with Crippen LogP contribution < -0.4 is 10.8 Å². The van der Waals surface area contributed by atoms with Gasteiger partial charge in [-0.25, -0.2) is 4.79 Å². The van der Waals surface area contributed by atoms with Crippen LogP contribution >= 0.6 is 0 Å². The molecule has 0 aromatic heterocycles. The molecule has 4 fully saturated rings. The molecular weight excluding hydrogens is 466 g/mol. The molecule has 5 aliphatic rings. The molecule has 0 aromatic rings. The maximum Gasteiger partial charge on any atom is 0.331 e. The van der Waals surface area contributed by atoms with Gasteiger partial charge in [-0.05, 0) is 88.5 Å². The zero-order chi connectivity index (χ0) is 26.7. The highest BCUT2D eigenvalue weighted by atomic mass is 16.5. The quantitative estimate of drug-likeness (QED) is 0.315. The Morgan fingerprint density at radius 3 is 2.33 bits per heavy atom. The van der Waals surface area contributed by atoms with E-state index in [4.69, 9.17) is 9.84 Å². The first-order valence-electron chi connectivity index (χ1n) is 13.3. The molecule has 0 spiro atoms. The van der Waals surface area contributed by atoms with Crippen molar-refractivity contribution in [3.8, 4) is 0 Å². The summed E-state index contributed by atoms with van der Waals surface area (Å²) in [6.07, 6.45) is 4.64. The molecule has 204 valence electrons. The van der Waals surface area contributed by atoms with E-state index in [9.17, 15) is 30.0 Å². The molecule has 0 amide bonds. The number of carbonyl (C=O) groups excluding carboxylic acids is 2. The number of hydrogen-bond acceptors (Lipinski definition) is 8. The second-order valence-electron chi connectivity index (χ2n) is 13.1. The van der Waals surface area contributed by atoms with Gasteiger partial charge >= 0.3 is 5.97 Å². The summed E-state index contributed by atoms with van der Waals surface area (Å²) in [5, 5.41) is 54.6. The van der Waals surface area contributed by atoms with Crippen LogP contribution in [0.2, 0.25) is 0 Å². The molecular formula is C27H43NO8. The Labute approximate surface area is 212 Å². The van der Waals surface area contributed by atoms with E-state index in [0.717, 1.165) is 12.0 Å². The number of carbonyl (C=O) groups is 2. The second-order valence-corrected chi connectivity index (χ2v) is 13.1. The largest absolute Gasteiger partial charge is 0.549 e. The van der Waals surface area contributed by atoms with Crippen LogP contribution in [0, 0.1) is 28.6 Å². The average Bonchev–Trinajstić information content (AvgIpc) is 3.32. The molecule has 4 saturated carbocycles. The molecule has 9 heteroatoms. The third kappa shape index (κ3) is 4.02. The lowest BCUT2D eigenvalue weighted by molar-refractivity contribution is -0.471. The first-order chi connectivity index (χ1) is 16.6. The maximum atomic E-state index is 12.6. The minimum atomic E-state index is -1.50. The Morgan fingerprint density at radius 2 is 1.78 bits per heavy atom. The van der Waals surface area contributed by atoms with Gasteiger partial charge in [0.15, 0.2) is 0 Å². The number of carboxylic acid groups (broad SMARTS) is 1. The minimum Gasteiger partial charge on any atom is -0.549 e. The first-order valence-corrected chi connectivity index (χ1v) is 13.3. The number of aliphatic carboxylic acids is 1. The molecule has 1 aliphatic heterocycles. The smallest absolute Gasteiger partial charge is 0.331 e. The van der Waals surface area contributed by atoms with Crippen LogP contribution in [0.1, 0.15) is 78.6 Å². The molecule has 9 nitrogen and oxygen atoms in total. The van der Waals surface area contributed by atoms with E-state index < -0.39 is 34.1 Å². The van der Waals surface area contributed by atoms with Crippen molar-refractivity contribution in [3.63, 3.8) is 0 Å². The van der Waals surface area contributed by atoms with Gasteiger partial charge in [0, 0.05) is 23.3 Å². The fourth-order valence-electron chi connectivity index (χ4n) is 8.47.